The van der Waals surface area contributed by atoms with Gasteiger partial charge in [-0.25, -0.2) is 13.2 Å². The summed E-state index contributed by atoms with van der Waals surface area (Å²) in [4.78, 5) is 14.1. The van der Waals surface area contributed by atoms with Crippen LogP contribution in [0.15, 0.2) is 150 Å². The molecular formula is C44H44Cl3NO9S. The number of carbonyl (C=O) groups excluding carboxylic acids is 1. The van der Waals surface area contributed by atoms with Crippen molar-refractivity contribution in [2.45, 2.75) is 72.7 Å². The van der Waals surface area contributed by atoms with Gasteiger partial charge in [-0.15, -0.1) is 0 Å². The Morgan fingerprint density at radius 2 is 1.05 bits per heavy atom. The third kappa shape index (κ3) is 12.3. The average molecular weight is 869 g/mol. The van der Waals surface area contributed by atoms with Crippen molar-refractivity contribution in [3.05, 3.63) is 173 Å². The Hall–Kier alpha value is -4.01. The van der Waals surface area contributed by atoms with Crippen molar-refractivity contribution in [1.82, 2.24) is 4.31 Å². The van der Waals surface area contributed by atoms with Gasteiger partial charge in [0.15, 0.2) is 6.23 Å². The highest BCUT2D eigenvalue weighted by atomic mass is 35.6. The molecule has 1 aliphatic rings. The van der Waals surface area contributed by atoms with E-state index in [1.165, 1.54) is 12.1 Å². The van der Waals surface area contributed by atoms with Crippen LogP contribution in [0.3, 0.4) is 0 Å². The predicted molar refractivity (Wildman–Crippen MR) is 222 cm³/mol. The molecule has 0 bridgehead atoms. The Morgan fingerprint density at radius 3 is 1.52 bits per heavy atom. The molecule has 1 amide bonds. The number of hydrogen-bond donors (Lipinski definition) is 0. The second kappa shape index (κ2) is 20.8. The van der Waals surface area contributed by atoms with Crippen LogP contribution >= 0.6 is 34.8 Å². The van der Waals surface area contributed by atoms with Crippen molar-refractivity contribution in [3.63, 3.8) is 0 Å². The number of nitrogens with zero attached hydrogens (tertiary/aromatic N) is 1. The summed E-state index contributed by atoms with van der Waals surface area (Å²) in [6.07, 6.45) is -7.38. The van der Waals surface area contributed by atoms with Crippen LogP contribution in [-0.2, 0) is 64.9 Å². The lowest BCUT2D eigenvalue weighted by atomic mass is 9.97. The maximum Gasteiger partial charge on any atom is 0.426 e. The standard InChI is InChI=1S/C44H44Cl3NO9S/c1-32-22-24-37(25-23-32)58(50,51)48(43(49)56-31-44(45,46)47)42-41(55-29-36-20-12-5-13-21-36)40(54-28-35-18-10-4-11-19-35)39(53-27-34-16-8-3-9-17-34)38(57-42)30-52-26-33-14-6-2-7-15-33/h2-25,38-42H,26-31H2,1H3/t38-,39-,40+,41-,42-/m1/s1. The van der Waals surface area contributed by atoms with E-state index in [1.807, 2.05) is 128 Å². The number of amides is 1. The van der Waals surface area contributed by atoms with E-state index in [4.69, 9.17) is 63.2 Å². The summed E-state index contributed by atoms with van der Waals surface area (Å²) in [6.45, 7) is 1.36. The number of aryl methyl sites for hydroxylation is 1. The first-order chi connectivity index (χ1) is 28.0. The number of ether oxygens (including phenoxy) is 6. The third-order valence-electron chi connectivity index (χ3n) is 9.21. The molecule has 1 fully saturated rings. The van der Waals surface area contributed by atoms with Crippen LogP contribution in [0.25, 0.3) is 0 Å². The zero-order valence-electron chi connectivity index (χ0n) is 31.6. The van der Waals surface area contributed by atoms with E-state index in [1.54, 1.807) is 12.1 Å². The number of sulfonamides is 1. The molecule has 5 atom stereocenters. The van der Waals surface area contributed by atoms with Crippen molar-refractivity contribution in [3.8, 4) is 0 Å². The third-order valence-corrected chi connectivity index (χ3v) is 11.3. The number of halogens is 3. The topological polar surface area (TPSA) is 110 Å². The van der Waals surface area contributed by atoms with Crippen LogP contribution in [-0.4, -0.2) is 66.5 Å². The quantitative estimate of drug-likeness (QED) is 0.0846. The van der Waals surface area contributed by atoms with E-state index >= 15 is 0 Å². The van der Waals surface area contributed by atoms with Gasteiger partial charge in [-0.3, -0.25) is 0 Å². The van der Waals surface area contributed by atoms with Crippen molar-refractivity contribution in [2.75, 3.05) is 13.2 Å². The van der Waals surface area contributed by atoms with Crippen LogP contribution in [0, 0.1) is 6.92 Å². The fraction of sp³-hybridized carbons (Fsp3) is 0.295. The highest BCUT2D eigenvalue weighted by Crippen LogP contribution is 2.36. The van der Waals surface area contributed by atoms with Crippen LogP contribution in [0.5, 0.6) is 0 Å². The van der Waals surface area contributed by atoms with Crippen LogP contribution in [0.2, 0.25) is 0 Å². The number of hydrogen-bond acceptors (Lipinski definition) is 9. The van der Waals surface area contributed by atoms with Gasteiger partial charge in [0.05, 0.1) is 37.9 Å². The summed E-state index contributed by atoms with van der Waals surface area (Å²) >= 11 is 18.0. The molecule has 6 rings (SSSR count). The largest absolute Gasteiger partial charge is 0.444 e. The molecule has 0 N–H and O–H groups in total. The Morgan fingerprint density at radius 1 is 0.621 bits per heavy atom. The first-order valence-corrected chi connectivity index (χ1v) is 21.1. The van der Waals surface area contributed by atoms with Gasteiger partial charge in [0.1, 0.15) is 31.0 Å². The van der Waals surface area contributed by atoms with Gasteiger partial charge in [-0.1, -0.05) is 174 Å². The van der Waals surface area contributed by atoms with E-state index in [9.17, 15) is 13.2 Å². The maximum atomic E-state index is 14.8. The average Bonchev–Trinajstić information content (AvgIpc) is 3.22. The summed E-state index contributed by atoms with van der Waals surface area (Å²) < 4.78 is 66.5. The van der Waals surface area contributed by atoms with Crippen LogP contribution in [0.1, 0.15) is 27.8 Å². The SMILES string of the molecule is Cc1ccc(S(=O)(=O)N(C(=O)OCC(Cl)(Cl)Cl)[C@@H]2O[C@H](COCc3ccccc3)[C@@H](OCc3ccccc3)[C@H](OCc3ccccc3)[C@H]2OCc2ccccc2)cc1. The fourth-order valence-corrected chi connectivity index (χ4v) is 7.89. The summed E-state index contributed by atoms with van der Waals surface area (Å²) in [6, 6.07) is 43.9. The molecule has 14 heteroatoms. The Labute approximate surface area is 354 Å². The van der Waals surface area contributed by atoms with Gasteiger partial charge in [0, 0.05) is 0 Å². The molecule has 5 aromatic carbocycles. The highest BCUT2D eigenvalue weighted by molar-refractivity contribution is 7.89. The van der Waals surface area contributed by atoms with Gasteiger partial charge < -0.3 is 28.4 Å². The monoisotopic (exact) mass is 867 g/mol. The Bertz CT molecular complexity index is 2110. The minimum absolute atomic E-state index is 0.0151. The molecule has 0 saturated carbocycles. The van der Waals surface area contributed by atoms with Gasteiger partial charge in [-0.2, -0.15) is 4.31 Å². The normalized spacial score (nSPS) is 19.7. The molecule has 0 unspecified atom stereocenters. The molecule has 58 heavy (non-hydrogen) atoms. The molecule has 306 valence electrons. The molecule has 0 aromatic heterocycles. The first kappa shape index (κ1) is 43.6. The number of alkyl halides is 3. The van der Waals surface area contributed by atoms with E-state index in [0.717, 1.165) is 27.8 Å². The van der Waals surface area contributed by atoms with Crippen molar-refractivity contribution in [2.24, 2.45) is 0 Å². The van der Waals surface area contributed by atoms with E-state index in [0.29, 0.717) is 4.31 Å². The second-order valence-electron chi connectivity index (χ2n) is 13.6. The lowest BCUT2D eigenvalue weighted by Gasteiger charge is -2.48. The van der Waals surface area contributed by atoms with Gasteiger partial charge in [-0.05, 0) is 41.3 Å². The molecule has 10 nitrogen and oxygen atoms in total. The van der Waals surface area contributed by atoms with Crippen LogP contribution in [0.4, 0.5) is 4.79 Å². The van der Waals surface area contributed by atoms with Gasteiger partial charge >= 0.3 is 6.09 Å². The summed E-state index contributed by atoms with van der Waals surface area (Å²) in [5.74, 6) is 0. The number of benzene rings is 5. The predicted octanol–water partition coefficient (Wildman–Crippen LogP) is 9.19. The molecule has 0 radical (unpaired) electrons. The molecule has 5 aromatic rings. The zero-order valence-corrected chi connectivity index (χ0v) is 34.7. The summed E-state index contributed by atoms with van der Waals surface area (Å²) in [7, 11) is -4.76. The molecule has 0 spiro atoms. The summed E-state index contributed by atoms with van der Waals surface area (Å²) in [5.41, 5.74) is 4.17. The minimum Gasteiger partial charge on any atom is -0.444 e. The number of carbonyl (C=O) groups is 1. The number of rotatable bonds is 17. The fourth-order valence-electron chi connectivity index (χ4n) is 6.32. The van der Waals surface area contributed by atoms with E-state index in [2.05, 4.69) is 0 Å². The summed E-state index contributed by atoms with van der Waals surface area (Å²) in [5, 5.41) is 0. The van der Waals surface area contributed by atoms with E-state index < -0.39 is 57.2 Å². The maximum absolute atomic E-state index is 14.8. The molecule has 1 heterocycles. The lowest BCUT2D eigenvalue weighted by Crippen LogP contribution is -2.66. The minimum atomic E-state index is -4.76. The first-order valence-electron chi connectivity index (χ1n) is 18.6. The molecule has 0 aliphatic carbocycles. The Balaban J connectivity index is 1.47. The van der Waals surface area contributed by atoms with Gasteiger partial charge in [0.25, 0.3) is 10.0 Å². The Kier molecular flexibility index (Phi) is 15.6. The van der Waals surface area contributed by atoms with Crippen molar-refractivity contribution >= 4 is 50.9 Å². The smallest absolute Gasteiger partial charge is 0.426 e. The second-order valence-corrected chi connectivity index (χ2v) is 18.0. The van der Waals surface area contributed by atoms with Crippen molar-refractivity contribution in [1.29, 1.82) is 0 Å². The van der Waals surface area contributed by atoms with Gasteiger partial charge in [0.2, 0.25) is 3.79 Å². The molecule has 1 aliphatic heterocycles. The molecule has 1 saturated heterocycles. The van der Waals surface area contributed by atoms with Crippen molar-refractivity contribution < 1.29 is 41.6 Å². The van der Waals surface area contributed by atoms with E-state index in [-0.39, 0.29) is 37.9 Å². The zero-order chi connectivity index (χ0) is 41.0. The van der Waals surface area contributed by atoms with Crippen LogP contribution < -0.4 is 0 Å². The highest BCUT2D eigenvalue weighted by Gasteiger charge is 2.55. The lowest BCUT2D eigenvalue weighted by molar-refractivity contribution is -0.287. The molecular weight excluding hydrogens is 825 g/mol.